The molecule has 152 valence electrons. The van der Waals surface area contributed by atoms with E-state index in [2.05, 4.69) is 63.2 Å². The van der Waals surface area contributed by atoms with Gasteiger partial charge in [-0.2, -0.15) is 0 Å². The Morgan fingerprint density at radius 1 is 0.923 bits per heavy atom. The summed E-state index contributed by atoms with van der Waals surface area (Å²) in [6, 6.07) is 0. The fourth-order valence-corrected chi connectivity index (χ4v) is 7.00. The predicted octanol–water partition coefficient (Wildman–Crippen LogP) is 7.10. The van der Waals surface area contributed by atoms with E-state index in [4.69, 9.17) is 0 Å². The van der Waals surface area contributed by atoms with Crippen LogP contribution in [0, 0.1) is 59.2 Å². The van der Waals surface area contributed by atoms with Gasteiger partial charge < -0.3 is 0 Å². The second-order valence-corrected chi connectivity index (χ2v) is 11.3. The first kappa shape index (κ1) is 22.4. The third-order valence-electron chi connectivity index (χ3n) is 9.43. The van der Waals surface area contributed by atoms with Crippen LogP contribution in [0.4, 0.5) is 0 Å². The molecule has 26 heavy (non-hydrogen) atoms. The Kier molecular flexibility index (Phi) is 8.18. The second kappa shape index (κ2) is 9.51. The highest BCUT2D eigenvalue weighted by atomic mass is 14.5. The van der Waals surface area contributed by atoms with Crippen molar-refractivity contribution in [2.75, 3.05) is 0 Å². The Balaban J connectivity index is 1.96. The Bertz CT molecular complexity index is 416. The lowest BCUT2D eigenvalue weighted by atomic mass is 9.49. The molecule has 0 aromatic carbocycles. The van der Waals surface area contributed by atoms with Gasteiger partial charge in [-0.25, -0.2) is 0 Å². The SMILES string of the molecule is BC(CC(CC)C(C)C(C)C)C1C(C)CC1C(C)C(C)C1CCC(C)C1. The standard InChI is InChI=1S/C25H49B/c1-9-21(18(6)15(2)3)14-24(26)25-17(5)13-23(25)20(8)19(7)22-11-10-16(4)12-22/h15-25H,9-14,26H2,1-8H3. The first-order chi connectivity index (χ1) is 12.2. The molecule has 0 amide bonds. The largest absolute Gasteiger partial charge is 0.105 e. The van der Waals surface area contributed by atoms with Crippen molar-refractivity contribution in [1.29, 1.82) is 0 Å². The maximum atomic E-state index is 2.61. The van der Waals surface area contributed by atoms with Crippen LogP contribution in [0.1, 0.15) is 93.9 Å². The molecule has 0 nitrogen and oxygen atoms in total. The summed E-state index contributed by atoms with van der Waals surface area (Å²) in [5.41, 5.74) is 0. The first-order valence-electron chi connectivity index (χ1n) is 12.2. The molecule has 0 aliphatic heterocycles. The van der Waals surface area contributed by atoms with Crippen LogP contribution in [0.15, 0.2) is 0 Å². The zero-order valence-corrected chi connectivity index (χ0v) is 19.6. The fourth-order valence-electron chi connectivity index (χ4n) is 7.00. The maximum Gasteiger partial charge on any atom is 0.105 e. The molecule has 2 aliphatic carbocycles. The van der Waals surface area contributed by atoms with E-state index in [1.54, 1.807) is 0 Å². The smallest absolute Gasteiger partial charge is 0.0661 e. The summed E-state index contributed by atoms with van der Waals surface area (Å²) in [5.74, 6) is 10.3. The fraction of sp³-hybridized carbons (Fsp3) is 1.00. The van der Waals surface area contributed by atoms with Gasteiger partial charge >= 0.3 is 0 Å². The van der Waals surface area contributed by atoms with Crippen molar-refractivity contribution < 1.29 is 0 Å². The van der Waals surface area contributed by atoms with Crippen LogP contribution in [0.3, 0.4) is 0 Å². The molecule has 2 saturated carbocycles. The summed E-state index contributed by atoms with van der Waals surface area (Å²) >= 11 is 0. The van der Waals surface area contributed by atoms with E-state index in [9.17, 15) is 0 Å². The molecule has 0 bridgehead atoms. The Hall–Kier alpha value is 0.0649. The Morgan fingerprint density at radius 3 is 2.04 bits per heavy atom. The average molecular weight is 360 g/mol. The van der Waals surface area contributed by atoms with Gasteiger partial charge in [0.15, 0.2) is 0 Å². The minimum absolute atomic E-state index is 0.824. The van der Waals surface area contributed by atoms with Crippen molar-refractivity contribution in [3.05, 3.63) is 0 Å². The molecule has 2 aliphatic rings. The van der Waals surface area contributed by atoms with Crippen LogP contribution in [0.2, 0.25) is 5.82 Å². The molecule has 0 aromatic rings. The van der Waals surface area contributed by atoms with Crippen molar-refractivity contribution in [3.8, 4) is 0 Å². The molecule has 0 heterocycles. The third-order valence-corrected chi connectivity index (χ3v) is 9.43. The van der Waals surface area contributed by atoms with Gasteiger partial charge in [0.05, 0.1) is 0 Å². The molecule has 1 heteroatoms. The van der Waals surface area contributed by atoms with Crippen LogP contribution in [-0.2, 0) is 0 Å². The topological polar surface area (TPSA) is 0 Å². The number of hydrogen-bond donors (Lipinski definition) is 0. The third kappa shape index (κ3) is 4.91. The van der Waals surface area contributed by atoms with Gasteiger partial charge in [0.1, 0.15) is 7.85 Å². The van der Waals surface area contributed by atoms with Crippen molar-refractivity contribution in [2.45, 2.75) is 99.7 Å². The molecule has 0 N–H and O–H groups in total. The molecule has 2 fully saturated rings. The van der Waals surface area contributed by atoms with Crippen LogP contribution in [0.25, 0.3) is 0 Å². The summed E-state index contributed by atoms with van der Waals surface area (Å²) in [6.07, 6.45) is 8.80. The van der Waals surface area contributed by atoms with Crippen molar-refractivity contribution in [2.24, 2.45) is 59.2 Å². The summed E-state index contributed by atoms with van der Waals surface area (Å²) in [7, 11) is 2.60. The lowest BCUT2D eigenvalue weighted by Gasteiger charge is -2.52. The lowest BCUT2D eigenvalue weighted by molar-refractivity contribution is -0.00213. The maximum absolute atomic E-state index is 2.61. The van der Waals surface area contributed by atoms with Crippen LogP contribution >= 0.6 is 0 Å². The normalized spacial score (nSPS) is 37.8. The van der Waals surface area contributed by atoms with Crippen molar-refractivity contribution >= 4 is 7.85 Å². The molecule has 0 saturated heterocycles. The summed E-state index contributed by atoms with van der Waals surface area (Å²) < 4.78 is 0. The monoisotopic (exact) mass is 360 g/mol. The molecule has 10 unspecified atom stereocenters. The molecule has 0 radical (unpaired) electrons. The molecule has 0 aromatic heterocycles. The zero-order valence-electron chi connectivity index (χ0n) is 19.6. The molecular formula is C25H49B. The van der Waals surface area contributed by atoms with E-state index in [0.717, 1.165) is 65.0 Å². The van der Waals surface area contributed by atoms with E-state index in [1.165, 1.54) is 38.5 Å². The highest BCUT2D eigenvalue weighted by molar-refractivity contribution is 6.11. The first-order valence-corrected chi connectivity index (χ1v) is 12.2. The predicted molar refractivity (Wildman–Crippen MR) is 120 cm³/mol. The highest BCUT2D eigenvalue weighted by Gasteiger charge is 2.46. The summed E-state index contributed by atoms with van der Waals surface area (Å²) in [5, 5.41) is 0. The second-order valence-electron chi connectivity index (χ2n) is 11.3. The minimum atomic E-state index is 0.824. The average Bonchev–Trinajstić information content (AvgIpc) is 3.01. The molecule has 0 spiro atoms. The molecule has 2 rings (SSSR count). The summed E-state index contributed by atoms with van der Waals surface area (Å²) in [6.45, 7) is 20.0. The van der Waals surface area contributed by atoms with Gasteiger partial charge in [-0.1, -0.05) is 80.5 Å². The van der Waals surface area contributed by atoms with Gasteiger partial charge in [-0.3, -0.25) is 0 Å². The van der Waals surface area contributed by atoms with E-state index < -0.39 is 0 Å². The zero-order chi connectivity index (χ0) is 19.6. The Labute approximate surface area is 167 Å². The van der Waals surface area contributed by atoms with Gasteiger partial charge in [0, 0.05) is 0 Å². The van der Waals surface area contributed by atoms with Gasteiger partial charge in [0.25, 0.3) is 0 Å². The molecule has 10 atom stereocenters. The van der Waals surface area contributed by atoms with E-state index in [0.29, 0.717) is 0 Å². The summed E-state index contributed by atoms with van der Waals surface area (Å²) in [4.78, 5) is 0. The van der Waals surface area contributed by atoms with Crippen molar-refractivity contribution in [1.82, 2.24) is 0 Å². The number of hydrogen-bond acceptors (Lipinski definition) is 0. The van der Waals surface area contributed by atoms with Crippen LogP contribution in [0.5, 0.6) is 0 Å². The van der Waals surface area contributed by atoms with E-state index in [-0.39, 0.29) is 0 Å². The van der Waals surface area contributed by atoms with Crippen molar-refractivity contribution in [3.63, 3.8) is 0 Å². The lowest BCUT2D eigenvalue weighted by Crippen LogP contribution is -2.44. The highest BCUT2D eigenvalue weighted by Crippen LogP contribution is 2.55. The number of rotatable bonds is 9. The van der Waals surface area contributed by atoms with Crippen LogP contribution < -0.4 is 0 Å². The molecular weight excluding hydrogens is 311 g/mol. The van der Waals surface area contributed by atoms with Crippen LogP contribution in [-0.4, -0.2) is 7.85 Å². The minimum Gasteiger partial charge on any atom is -0.0661 e. The van der Waals surface area contributed by atoms with E-state index >= 15 is 0 Å². The van der Waals surface area contributed by atoms with Gasteiger partial charge in [0.2, 0.25) is 0 Å². The van der Waals surface area contributed by atoms with Gasteiger partial charge in [-0.15, -0.1) is 0 Å². The van der Waals surface area contributed by atoms with Gasteiger partial charge in [-0.05, 0) is 78.4 Å². The Morgan fingerprint density at radius 2 is 1.58 bits per heavy atom. The quantitative estimate of drug-likeness (QED) is 0.385. The van der Waals surface area contributed by atoms with E-state index in [1.807, 2.05) is 0 Å².